The van der Waals surface area contributed by atoms with E-state index in [2.05, 4.69) is 5.10 Å². The number of aliphatic hydroxyl groups excluding tert-OH is 1. The van der Waals surface area contributed by atoms with Crippen molar-refractivity contribution < 1.29 is 13.9 Å². The largest absolute Gasteiger partial charge is 0.396 e. The minimum absolute atomic E-state index is 0.127. The van der Waals surface area contributed by atoms with Crippen LogP contribution in [0.2, 0.25) is 0 Å². The topological polar surface area (TPSA) is 38.0 Å². The number of aliphatic hydroxyl groups is 1. The molecule has 5 heteroatoms. The van der Waals surface area contributed by atoms with Gasteiger partial charge in [-0.25, -0.2) is 13.5 Å². The molecule has 90 valence electrons. The lowest BCUT2D eigenvalue weighted by molar-refractivity contribution is -0.0270. The Hall–Kier alpha value is -1.75. The van der Waals surface area contributed by atoms with E-state index in [0.29, 0.717) is 5.69 Å². The van der Waals surface area contributed by atoms with Crippen LogP contribution in [0.5, 0.6) is 0 Å². The number of aromatic nitrogens is 2. The zero-order valence-electron chi connectivity index (χ0n) is 9.05. The van der Waals surface area contributed by atoms with Crippen LogP contribution in [0.3, 0.4) is 0 Å². The molecule has 3 nitrogen and oxygen atoms in total. The van der Waals surface area contributed by atoms with E-state index >= 15 is 0 Å². The highest BCUT2D eigenvalue weighted by Gasteiger charge is 2.33. The normalized spacial score (nSPS) is 11.7. The van der Waals surface area contributed by atoms with Crippen molar-refractivity contribution in [3.8, 4) is 5.69 Å². The Morgan fingerprint density at radius 3 is 2.65 bits per heavy atom. The van der Waals surface area contributed by atoms with Crippen LogP contribution in [0.25, 0.3) is 5.69 Å². The van der Waals surface area contributed by atoms with Crippen LogP contribution in [0.1, 0.15) is 12.0 Å². The fourth-order valence-electron chi connectivity index (χ4n) is 1.67. The average molecular weight is 238 g/mol. The second-order valence-corrected chi connectivity index (χ2v) is 3.65. The molecule has 2 aromatic rings. The maximum Gasteiger partial charge on any atom is 0.277 e. The molecule has 0 fully saturated rings. The quantitative estimate of drug-likeness (QED) is 0.887. The monoisotopic (exact) mass is 238 g/mol. The predicted molar refractivity (Wildman–Crippen MR) is 59.2 cm³/mol. The van der Waals surface area contributed by atoms with Gasteiger partial charge in [0, 0.05) is 31.0 Å². The van der Waals surface area contributed by atoms with Crippen LogP contribution in [0.15, 0.2) is 42.7 Å². The number of para-hydroxylation sites is 1. The predicted octanol–water partition coefficient (Wildman–Crippen LogP) is 2.35. The van der Waals surface area contributed by atoms with Crippen LogP contribution in [0, 0.1) is 0 Å². The number of nitrogens with zero attached hydrogens (tertiary/aromatic N) is 2. The number of rotatable bonds is 4. The summed E-state index contributed by atoms with van der Waals surface area (Å²) in [5.41, 5.74) is 0.203. The molecule has 0 saturated carbocycles. The van der Waals surface area contributed by atoms with Crippen LogP contribution in [-0.4, -0.2) is 21.5 Å². The van der Waals surface area contributed by atoms with Gasteiger partial charge >= 0.3 is 0 Å². The first kappa shape index (κ1) is 11.7. The molecule has 1 aromatic heterocycles. The summed E-state index contributed by atoms with van der Waals surface area (Å²) in [6.45, 7) is -0.555. The molecule has 0 aliphatic carbocycles. The summed E-state index contributed by atoms with van der Waals surface area (Å²) < 4.78 is 29.0. The Morgan fingerprint density at radius 1 is 1.24 bits per heavy atom. The molecule has 0 amide bonds. The van der Waals surface area contributed by atoms with Gasteiger partial charge in [0.15, 0.2) is 0 Å². The maximum atomic E-state index is 13.8. The third-order valence-corrected chi connectivity index (χ3v) is 2.48. The summed E-state index contributed by atoms with van der Waals surface area (Å²) in [6.07, 6.45) is 2.54. The Labute approximate surface area is 97.3 Å². The smallest absolute Gasteiger partial charge is 0.277 e. The van der Waals surface area contributed by atoms with Crippen molar-refractivity contribution in [3.05, 3.63) is 48.3 Å². The number of benzene rings is 1. The summed E-state index contributed by atoms with van der Waals surface area (Å²) in [6, 6.07) is 7.82. The number of halogens is 2. The van der Waals surface area contributed by atoms with E-state index in [9.17, 15) is 8.78 Å². The van der Waals surface area contributed by atoms with Crippen molar-refractivity contribution >= 4 is 0 Å². The Balaban J connectivity index is 2.48. The van der Waals surface area contributed by atoms with Crippen LogP contribution < -0.4 is 0 Å². The summed E-state index contributed by atoms with van der Waals surface area (Å²) in [4.78, 5) is 0. The fourth-order valence-corrected chi connectivity index (χ4v) is 1.67. The Bertz CT molecular complexity index is 483. The molecule has 0 aliphatic rings. The van der Waals surface area contributed by atoms with E-state index < -0.39 is 19.0 Å². The molecule has 0 unspecified atom stereocenters. The molecule has 0 radical (unpaired) electrons. The van der Waals surface area contributed by atoms with E-state index in [1.807, 2.05) is 0 Å². The summed E-state index contributed by atoms with van der Waals surface area (Å²) in [5.74, 6) is -3.06. The van der Waals surface area contributed by atoms with E-state index in [1.165, 1.54) is 16.9 Å². The lowest BCUT2D eigenvalue weighted by Gasteiger charge is -2.18. The Kier molecular flexibility index (Phi) is 3.19. The minimum atomic E-state index is -3.06. The maximum absolute atomic E-state index is 13.8. The molecular weight excluding hydrogens is 226 g/mol. The van der Waals surface area contributed by atoms with E-state index in [4.69, 9.17) is 5.11 Å². The molecule has 0 bridgehead atoms. The zero-order valence-corrected chi connectivity index (χ0v) is 9.05. The molecule has 2 rings (SSSR count). The van der Waals surface area contributed by atoms with Gasteiger partial charge in [0.05, 0.1) is 5.69 Å². The molecule has 0 atom stereocenters. The van der Waals surface area contributed by atoms with E-state index in [-0.39, 0.29) is 5.56 Å². The van der Waals surface area contributed by atoms with Crippen molar-refractivity contribution in [1.29, 1.82) is 0 Å². The summed E-state index contributed by atoms with van der Waals surface area (Å²) in [5, 5.41) is 12.6. The second kappa shape index (κ2) is 4.63. The lowest BCUT2D eigenvalue weighted by atomic mass is 10.0. The fraction of sp³-hybridized carbons (Fsp3) is 0.250. The minimum Gasteiger partial charge on any atom is -0.396 e. The molecule has 1 aromatic carbocycles. The number of hydrogen-bond donors (Lipinski definition) is 1. The van der Waals surface area contributed by atoms with E-state index in [0.717, 1.165) is 0 Å². The van der Waals surface area contributed by atoms with Gasteiger partial charge < -0.3 is 5.11 Å². The van der Waals surface area contributed by atoms with Crippen LogP contribution in [0.4, 0.5) is 8.78 Å². The first-order chi connectivity index (χ1) is 8.15. The van der Waals surface area contributed by atoms with Gasteiger partial charge in [-0.2, -0.15) is 5.10 Å². The SMILES string of the molecule is OCCC(F)(F)c1ccccc1-n1cccn1. The second-order valence-electron chi connectivity index (χ2n) is 3.65. The molecule has 1 N–H and O–H groups in total. The zero-order chi connectivity index (χ0) is 12.3. The molecular formula is C12H12F2N2O. The first-order valence-electron chi connectivity index (χ1n) is 5.23. The molecule has 0 saturated heterocycles. The average Bonchev–Trinajstić information content (AvgIpc) is 2.82. The summed E-state index contributed by atoms with van der Waals surface area (Å²) >= 11 is 0. The van der Waals surface area contributed by atoms with Gasteiger partial charge in [0.1, 0.15) is 0 Å². The van der Waals surface area contributed by atoms with Crippen LogP contribution >= 0.6 is 0 Å². The van der Waals surface area contributed by atoms with Crippen LogP contribution in [-0.2, 0) is 5.92 Å². The van der Waals surface area contributed by atoms with Gasteiger partial charge in [-0.15, -0.1) is 0 Å². The van der Waals surface area contributed by atoms with Crippen molar-refractivity contribution in [3.63, 3.8) is 0 Å². The standard InChI is InChI=1S/C12H12F2N2O/c13-12(14,6-9-17)10-4-1-2-5-11(10)16-8-3-7-15-16/h1-5,7-8,17H,6,9H2. The van der Waals surface area contributed by atoms with Crippen molar-refractivity contribution in [2.24, 2.45) is 0 Å². The molecule has 1 heterocycles. The van der Waals surface area contributed by atoms with Gasteiger partial charge in [-0.05, 0) is 12.1 Å². The highest BCUT2D eigenvalue weighted by molar-refractivity contribution is 5.42. The lowest BCUT2D eigenvalue weighted by Crippen LogP contribution is -2.18. The number of hydrogen-bond acceptors (Lipinski definition) is 2. The van der Waals surface area contributed by atoms with Gasteiger partial charge in [-0.3, -0.25) is 0 Å². The first-order valence-corrected chi connectivity index (χ1v) is 5.23. The third-order valence-electron chi connectivity index (χ3n) is 2.48. The van der Waals surface area contributed by atoms with E-state index in [1.54, 1.807) is 30.5 Å². The summed E-state index contributed by atoms with van der Waals surface area (Å²) in [7, 11) is 0. The highest BCUT2D eigenvalue weighted by atomic mass is 19.3. The van der Waals surface area contributed by atoms with Gasteiger partial charge in [0.2, 0.25) is 0 Å². The van der Waals surface area contributed by atoms with Crippen molar-refractivity contribution in [2.75, 3.05) is 6.61 Å². The Morgan fingerprint density at radius 2 is 2.00 bits per heavy atom. The molecule has 0 spiro atoms. The van der Waals surface area contributed by atoms with Gasteiger partial charge in [0.25, 0.3) is 5.92 Å². The number of alkyl halides is 2. The van der Waals surface area contributed by atoms with Gasteiger partial charge in [-0.1, -0.05) is 18.2 Å². The van der Waals surface area contributed by atoms with Crippen molar-refractivity contribution in [1.82, 2.24) is 9.78 Å². The van der Waals surface area contributed by atoms with Crippen molar-refractivity contribution in [2.45, 2.75) is 12.3 Å². The molecule has 17 heavy (non-hydrogen) atoms. The third kappa shape index (κ3) is 2.34. The highest BCUT2D eigenvalue weighted by Crippen LogP contribution is 2.34. The molecule has 0 aliphatic heterocycles.